The van der Waals surface area contributed by atoms with Crippen LogP contribution in [0.3, 0.4) is 0 Å². The van der Waals surface area contributed by atoms with Crippen LogP contribution in [0, 0.1) is 0 Å². The van der Waals surface area contributed by atoms with Crippen molar-refractivity contribution >= 4 is 34.5 Å². The summed E-state index contributed by atoms with van der Waals surface area (Å²) in [5.41, 5.74) is 1.44. The summed E-state index contributed by atoms with van der Waals surface area (Å²) in [6.45, 7) is 0. The van der Waals surface area contributed by atoms with Gasteiger partial charge in [-0.25, -0.2) is 4.79 Å². The molecule has 0 radical (unpaired) electrons. The van der Waals surface area contributed by atoms with Crippen molar-refractivity contribution in [3.05, 3.63) is 29.8 Å². The van der Waals surface area contributed by atoms with E-state index in [2.05, 4.69) is 8.27 Å². The van der Waals surface area contributed by atoms with Crippen LogP contribution in [0.4, 0.5) is 5.69 Å². The van der Waals surface area contributed by atoms with Gasteiger partial charge < -0.3 is 8.27 Å². The van der Waals surface area contributed by atoms with Crippen LogP contribution in [0.2, 0.25) is 0 Å². The summed E-state index contributed by atoms with van der Waals surface area (Å²) < 4.78 is 7.48. The van der Waals surface area contributed by atoms with Crippen molar-refractivity contribution in [1.82, 2.24) is 0 Å². The minimum absolute atomic E-state index is 0.316. The lowest BCUT2D eigenvalue weighted by Crippen LogP contribution is -2.00. The lowest BCUT2D eigenvalue weighted by molar-refractivity contribution is 0.0601. The summed E-state index contributed by atoms with van der Waals surface area (Å²) in [6.07, 6.45) is 0. The van der Waals surface area contributed by atoms with E-state index in [1.165, 1.54) is 7.11 Å². The molecule has 1 aromatic carbocycles. The third kappa shape index (κ3) is 2.10. The van der Waals surface area contributed by atoms with Gasteiger partial charge in [0.15, 0.2) is 0 Å². The van der Waals surface area contributed by atoms with E-state index >= 15 is 0 Å². The molecule has 0 saturated heterocycles. The Hall–Kier alpha value is -0.780. The Morgan fingerprint density at radius 3 is 2.92 bits per heavy atom. The molecule has 0 spiro atoms. The SMILES string of the molecule is COC(=O)c1cccc(NI)c1. The molecular weight excluding hydrogens is 269 g/mol. The van der Waals surface area contributed by atoms with Crippen molar-refractivity contribution in [3.8, 4) is 0 Å². The molecule has 1 aromatic rings. The Balaban J connectivity index is 2.93. The van der Waals surface area contributed by atoms with Crippen molar-refractivity contribution in [1.29, 1.82) is 0 Å². The fourth-order valence-electron chi connectivity index (χ4n) is 0.823. The van der Waals surface area contributed by atoms with Crippen LogP contribution in [-0.4, -0.2) is 13.1 Å². The highest BCUT2D eigenvalue weighted by atomic mass is 127. The summed E-state index contributed by atoms with van der Waals surface area (Å²) in [6, 6.07) is 7.12. The van der Waals surface area contributed by atoms with Gasteiger partial charge in [0.25, 0.3) is 0 Å². The van der Waals surface area contributed by atoms with Gasteiger partial charge in [0.1, 0.15) is 0 Å². The zero-order valence-electron chi connectivity index (χ0n) is 6.50. The van der Waals surface area contributed by atoms with E-state index in [1.807, 2.05) is 28.9 Å². The molecule has 0 heterocycles. The Morgan fingerprint density at radius 2 is 2.33 bits per heavy atom. The fourth-order valence-corrected chi connectivity index (χ4v) is 1.16. The van der Waals surface area contributed by atoms with Gasteiger partial charge in [0.05, 0.1) is 35.5 Å². The summed E-state index contributed by atoms with van der Waals surface area (Å²) in [4.78, 5) is 11.0. The Bertz CT molecular complexity index is 288. The van der Waals surface area contributed by atoms with Gasteiger partial charge in [-0.05, 0) is 18.2 Å². The minimum Gasteiger partial charge on any atom is -0.465 e. The maximum Gasteiger partial charge on any atom is 0.337 e. The lowest BCUT2D eigenvalue weighted by Gasteiger charge is -2.01. The fraction of sp³-hybridized carbons (Fsp3) is 0.125. The third-order valence-electron chi connectivity index (χ3n) is 1.39. The predicted octanol–water partition coefficient (Wildman–Crippen LogP) is 2.24. The zero-order chi connectivity index (χ0) is 8.97. The molecule has 0 aromatic heterocycles. The number of ether oxygens (including phenoxy) is 1. The van der Waals surface area contributed by atoms with E-state index in [4.69, 9.17) is 0 Å². The van der Waals surface area contributed by atoms with Crippen molar-refractivity contribution in [2.75, 3.05) is 10.6 Å². The van der Waals surface area contributed by atoms with E-state index in [0.717, 1.165) is 5.69 Å². The molecule has 0 saturated carbocycles. The van der Waals surface area contributed by atoms with Gasteiger partial charge in [0, 0.05) is 5.69 Å². The second-order valence-electron chi connectivity index (χ2n) is 2.17. The van der Waals surface area contributed by atoms with Crippen molar-refractivity contribution in [2.45, 2.75) is 0 Å². The molecule has 0 fully saturated rings. The number of halogens is 1. The molecule has 3 nitrogen and oxygen atoms in total. The van der Waals surface area contributed by atoms with E-state index < -0.39 is 0 Å². The first kappa shape index (κ1) is 9.31. The number of anilines is 1. The highest BCUT2D eigenvalue weighted by Gasteiger charge is 2.04. The van der Waals surface area contributed by atoms with Gasteiger partial charge in [-0.1, -0.05) is 6.07 Å². The van der Waals surface area contributed by atoms with Crippen molar-refractivity contribution < 1.29 is 9.53 Å². The average Bonchev–Trinajstić information content (AvgIpc) is 2.17. The average molecular weight is 277 g/mol. The number of hydrogen-bond donors (Lipinski definition) is 1. The molecule has 0 aliphatic rings. The molecule has 0 amide bonds. The minimum atomic E-state index is -0.316. The molecule has 4 heteroatoms. The first-order valence-electron chi connectivity index (χ1n) is 3.33. The molecular formula is C8H8INO2. The number of rotatable bonds is 2. The molecule has 64 valence electrons. The van der Waals surface area contributed by atoms with Crippen LogP contribution in [-0.2, 0) is 4.74 Å². The van der Waals surface area contributed by atoms with Gasteiger partial charge >= 0.3 is 5.97 Å². The molecule has 0 atom stereocenters. The number of esters is 1. The van der Waals surface area contributed by atoms with Crippen molar-refractivity contribution in [2.24, 2.45) is 0 Å². The first-order valence-corrected chi connectivity index (χ1v) is 4.41. The molecule has 12 heavy (non-hydrogen) atoms. The van der Waals surface area contributed by atoms with Gasteiger partial charge in [0.2, 0.25) is 0 Å². The number of benzene rings is 1. The van der Waals surface area contributed by atoms with Crippen LogP contribution in [0.1, 0.15) is 10.4 Å². The number of carbonyl (C=O) groups excluding carboxylic acids is 1. The standard InChI is InChI=1S/C8H8INO2/c1-12-8(11)6-3-2-4-7(5-6)10-9/h2-5,10H,1H3. The number of hydrogen-bond acceptors (Lipinski definition) is 3. The Labute approximate surface area is 84.6 Å². The van der Waals surface area contributed by atoms with Crippen LogP contribution in [0.25, 0.3) is 0 Å². The maximum absolute atomic E-state index is 11.0. The number of methoxy groups -OCH3 is 1. The monoisotopic (exact) mass is 277 g/mol. The molecule has 0 unspecified atom stereocenters. The van der Waals surface area contributed by atoms with Gasteiger partial charge in [-0.3, -0.25) is 0 Å². The molecule has 1 rings (SSSR count). The largest absolute Gasteiger partial charge is 0.465 e. The van der Waals surface area contributed by atoms with Crippen molar-refractivity contribution in [3.63, 3.8) is 0 Å². The number of carbonyl (C=O) groups is 1. The predicted molar refractivity (Wildman–Crippen MR) is 55.4 cm³/mol. The Kier molecular flexibility index (Phi) is 3.33. The zero-order valence-corrected chi connectivity index (χ0v) is 8.66. The van der Waals surface area contributed by atoms with E-state index in [9.17, 15) is 4.79 Å². The molecule has 1 N–H and O–H groups in total. The second-order valence-corrected chi connectivity index (χ2v) is 2.71. The molecule has 0 aliphatic carbocycles. The van der Waals surface area contributed by atoms with Gasteiger partial charge in [-0.2, -0.15) is 0 Å². The van der Waals surface area contributed by atoms with E-state index in [0.29, 0.717) is 5.56 Å². The summed E-state index contributed by atoms with van der Waals surface area (Å²) in [5.74, 6) is -0.316. The van der Waals surface area contributed by atoms with Crippen LogP contribution in [0.5, 0.6) is 0 Å². The van der Waals surface area contributed by atoms with Crippen LogP contribution in [0.15, 0.2) is 24.3 Å². The van der Waals surface area contributed by atoms with Gasteiger partial charge in [-0.15, -0.1) is 0 Å². The van der Waals surface area contributed by atoms with E-state index in [-0.39, 0.29) is 5.97 Å². The maximum atomic E-state index is 11.0. The molecule has 0 bridgehead atoms. The molecule has 0 aliphatic heterocycles. The lowest BCUT2D eigenvalue weighted by atomic mass is 10.2. The van der Waals surface area contributed by atoms with E-state index in [1.54, 1.807) is 18.2 Å². The number of nitrogens with one attached hydrogen (secondary N) is 1. The third-order valence-corrected chi connectivity index (χ3v) is 2.02. The topological polar surface area (TPSA) is 38.3 Å². The normalized spacial score (nSPS) is 9.17. The van der Waals surface area contributed by atoms with Crippen LogP contribution < -0.4 is 3.53 Å². The highest BCUT2D eigenvalue weighted by Crippen LogP contribution is 2.12. The smallest absolute Gasteiger partial charge is 0.337 e. The first-order chi connectivity index (χ1) is 5.77. The van der Waals surface area contributed by atoms with Crippen LogP contribution >= 0.6 is 22.9 Å². The second kappa shape index (κ2) is 4.30. The quantitative estimate of drug-likeness (QED) is 0.512. The highest BCUT2D eigenvalue weighted by molar-refractivity contribution is 14.1. The summed E-state index contributed by atoms with van der Waals surface area (Å²) in [7, 11) is 1.37. The summed E-state index contributed by atoms with van der Waals surface area (Å²) in [5, 5.41) is 0. The summed E-state index contributed by atoms with van der Waals surface area (Å²) >= 11 is 2.00. The Morgan fingerprint density at radius 1 is 1.58 bits per heavy atom.